The Bertz CT molecular complexity index is 1020. The number of aromatic nitrogens is 2. The molecule has 3 aromatic rings. The van der Waals surface area contributed by atoms with Gasteiger partial charge in [0.15, 0.2) is 4.34 Å². The van der Waals surface area contributed by atoms with Gasteiger partial charge >= 0.3 is 0 Å². The number of amides is 2. The normalized spacial score (nSPS) is 11.9. The van der Waals surface area contributed by atoms with Crippen LogP contribution in [0.2, 0.25) is 5.02 Å². The van der Waals surface area contributed by atoms with E-state index in [9.17, 15) is 9.59 Å². The second-order valence-electron chi connectivity index (χ2n) is 6.12. The number of rotatable bonds is 8. The predicted molar refractivity (Wildman–Crippen MR) is 124 cm³/mol. The van der Waals surface area contributed by atoms with Crippen molar-refractivity contribution in [3.05, 3.63) is 71.3 Å². The van der Waals surface area contributed by atoms with E-state index in [4.69, 9.17) is 11.6 Å². The fourth-order valence-electron chi connectivity index (χ4n) is 2.39. The Labute approximate surface area is 187 Å². The first kappa shape index (κ1) is 22.0. The van der Waals surface area contributed by atoms with Gasteiger partial charge in [0.2, 0.25) is 16.9 Å². The molecule has 2 aromatic carbocycles. The highest BCUT2D eigenvalue weighted by Crippen LogP contribution is 2.31. The van der Waals surface area contributed by atoms with E-state index >= 15 is 0 Å². The van der Waals surface area contributed by atoms with Crippen LogP contribution in [-0.4, -0.2) is 27.3 Å². The largest absolute Gasteiger partial charge is 0.325 e. The lowest BCUT2D eigenvalue weighted by Crippen LogP contribution is -2.24. The van der Waals surface area contributed by atoms with Crippen molar-refractivity contribution < 1.29 is 9.59 Å². The van der Waals surface area contributed by atoms with Crippen molar-refractivity contribution in [2.45, 2.75) is 22.9 Å². The highest BCUT2D eigenvalue weighted by Gasteiger charge is 2.20. The molecule has 0 spiro atoms. The minimum Gasteiger partial charge on any atom is -0.325 e. The van der Waals surface area contributed by atoms with Crippen LogP contribution < -0.4 is 10.6 Å². The average Bonchev–Trinajstić information content (AvgIpc) is 3.19. The van der Waals surface area contributed by atoms with Crippen LogP contribution in [0, 0.1) is 0 Å². The summed E-state index contributed by atoms with van der Waals surface area (Å²) in [7, 11) is 0. The molecule has 3 rings (SSSR count). The number of anilines is 2. The number of nitrogens with zero attached hydrogens (tertiary/aromatic N) is 2. The molecule has 6 nitrogen and oxygen atoms in total. The molecule has 2 N–H and O–H groups in total. The Morgan fingerprint density at radius 2 is 1.83 bits per heavy atom. The second-order valence-corrected chi connectivity index (χ2v) is 8.98. The van der Waals surface area contributed by atoms with Crippen molar-refractivity contribution in [1.82, 2.24) is 10.2 Å². The lowest BCUT2D eigenvalue weighted by molar-refractivity contribution is -0.115. The molecule has 0 aliphatic rings. The molecular formula is C21H19ClN4O2S2. The molecule has 1 heterocycles. The summed E-state index contributed by atoms with van der Waals surface area (Å²) >= 11 is 8.41. The van der Waals surface area contributed by atoms with Crippen LogP contribution >= 0.6 is 34.7 Å². The maximum absolute atomic E-state index is 12.6. The molecule has 0 saturated heterocycles. The van der Waals surface area contributed by atoms with Crippen LogP contribution in [0.25, 0.3) is 6.08 Å². The number of carbonyl (C=O) groups is 2. The van der Waals surface area contributed by atoms with Gasteiger partial charge in [0.25, 0.3) is 0 Å². The first-order valence-corrected chi connectivity index (χ1v) is 11.2. The van der Waals surface area contributed by atoms with Gasteiger partial charge in [0, 0.05) is 16.8 Å². The van der Waals surface area contributed by atoms with Crippen LogP contribution in [0.1, 0.15) is 18.9 Å². The first-order valence-electron chi connectivity index (χ1n) is 9.14. The smallest absolute Gasteiger partial charge is 0.250 e. The van der Waals surface area contributed by atoms with Crippen molar-refractivity contribution >= 4 is 63.4 Å². The topological polar surface area (TPSA) is 84.0 Å². The van der Waals surface area contributed by atoms with E-state index in [0.29, 0.717) is 26.6 Å². The summed E-state index contributed by atoms with van der Waals surface area (Å²) in [4.78, 5) is 24.6. The standard InChI is InChI=1S/C21H19ClN4O2S2/c1-2-17(19(28)23-16-11-9-15(22)10-12-16)29-21-26-25-20(30-21)24-18(27)13-8-14-6-4-3-5-7-14/h3-13,17H,2H2,1H3,(H,23,28)(H,24,25,27)/b13-8+/t17-/m0/s1. The lowest BCUT2D eigenvalue weighted by atomic mass is 10.2. The fourth-order valence-corrected chi connectivity index (χ4v) is 4.44. The summed E-state index contributed by atoms with van der Waals surface area (Å²) in [5.74, 6) is -0.421. The van der Waals surface area contributed by atoms with Gasteiger partial charge in [-0.25, -0.2) is 0 Å². The highest BCUT2D eigenvalue weighted by molar-refractivity contribution is 8.02. The molecule has 0 bridgehead atoms. The maximum Gasteiger partial charge on any atom is 0.250 e. The molecule has 154 valence electrons. The summed E-state index contributed by atoms with van der Waals surface area (Å²) in [6.07, 6.45) is 3.78. The van der Waals surface area contributed by atoms with Crippen LogP contribution in [0.3, 0.4) is 0 Å². The van der Waals surface area contributed by atoms with Gasteiger partial charge in [-0.1, -0.05) is 72.0 Å². The molecule has 1 aromatic heterocycles. The summed E-state index contributed by atoms with van der Waals surface area (Å²) in [5, 5.41) is 14.3. The van der Waals surface area contributed by atoms with Crippen molar-refractivity contribution in [2.75, 3.05) is 10.6 Å². The number of halogens is 1. The number of hydrogen-bond acceptors (Lipinski definition) is 6. The fraction of sp³-hybridized carbons (Fsp3) is 0.143. The number of carbonyl (C=O) groups excluding carboxylic acids is 2. The zero-order valence-corrected chi connectivity index (χ0v) is 18.4. The molecule has 0 saturated carbocycles. The lowest BCUT2D eigenvalue weighted by Gasteiger charge is -2.13. The van der Waals surface area contributed by atoms with Gasteiger partial charge < -0.3 is 5.32 Å². The summed E-state index contributed by atoms with van der Waals surface area (Å²) in [5.41, 5.74) is 1.61. The van der Waals surface area contributed by atoms with E-state index in [-0.39, 0.29) is 17.1 Å². The van der Waals surface area contributed by atoms with Crippen molar-refractivity contribution in [3.63, 3.8) is 0 Å². The maximum atomic E-state index is 12.6. The van der Waals surface area contributed by atoms with Crippen molar-refractivity contribution in [1.29, 1.82) is 0 Å². The SMILES string of the molecule is CC[C@H](Sc1nnc(NC(=O)/C=C/c2ccccc2)s1)C(=O)Nc1ccc(Cl)cc1. The highest BCUT2D eigenvalue weighted by atomic mass is 35.5. The molecule has 1 atom stereocenters. The van der Waals surface area contributed by atoms with Crippen LogP contribution in [0.15, 0.2) is 65.0 Å². The minimum absolute atomic E-state index is 0.128. The van der Waals surface area contributed by atoms with E-state index in [1.807, 2.05) is 37.3 Å². The van der Waals surface area contributed by atoms with Gasteiger partial charge in [-0.2, -0.15) is 0 Å². The molecule has 0 aliphatic heterocycles. The molecule has 0 aliphatic carbocycles. The van der Waals surface area contributed by atoms with Crippen LogP contribution in [-0.2, 0) is 9.59 Å². The van der Waals surface area contributed by atoms with E-state index in [1.165, 1.54) is 29.2 Å². The molecule has 0 radical (unpaired) electrons. The van der Waals surface area contributed by atoms with Crippen molar-refractivity contribution in [2.24, 2.45) is 0 Å². The zero-order chi connectivity index (χ0) is 21.3. The van der Waals surface area contributed by atoms with Gasteiger partial charge in [-0.3, -0.25) is 14.9 Å². The Balaban J connectivity index is 1.55. The average molecular weight is 459 g/mol. The van der Waals surface area contributed by atoms with E-state index in [0.717, 1.165) is 5.56 Å². The van der Waals surface area contributed by atoms with Crippen LogP contribution in [0.4, 0.5) is 10.8 Å². The predicted octanol–water partition coefficient (Wildman–Crippen LogP) is 5.35. The summed E-state index contributed by atoms with van der Waals surface area (Å²) < 4.78 is 0.607. The monoisotopic (exact) mass is 458 g/mol. The second kappa shape index (κ2) is 10.9. The molecule has 0 unspecified atom stereocenters. The molecule has 2 amide bonds. The summed E-state index contributed by atoms with van der Waals surface area (Å²) in [6.45, 7) is 1.93. The molecule has 9 heteroatoms. The quantitative estimate of drug-likeness (QED) is 0.270. The number of thioether (sulfide) groups is 1. The van der Waals surface area contributed by atoms with Gasteiger partial charge in [0.1, 0.15) is 0 Å². The Kier molecular flexibility index (Phi) is 8.01. The third-order valence-corrected chi connectivity index (χ3v) is 6.42. The van der Waals surface area contributed by atoms with Gasteiger partial charge in [-0.05, 0) is 42.3 Å². The number of hydrogen-bond donors (Lipinski definition) is 2. The summed E-state index contributed by atoms with van der Waals surface area (Å²) in [6, 6.07) is 16.5. The third kappa shape index (κ3) is 6.69. The molecular weight excluding hydrogens is 440 g/mol. The van der Waals surface area contributed by atoms with E-state index < -0.39 is 0 Å². The first-order chi connectivity index (χ1) is 14.5. The van der Waals surface area contributed by atoms with Crippen molar-refractivity contribution in [3.8, 4) is 0 Å². The molecule has 30 heavy (non-hydrogen) atoms. The van der Waals surface area contributed by atoms with E-state index in [2.05, 4.69) is 20.8 Å². The zero-order valence-electron chi connectivity index (χ0n) is 16.0. The van der Waals surface area contributed by atoms with E-state index in [1.54, 1.807) is 30.3 Å². The van der Waals surface area contributed by atoms with Gasteiger partial charge in [0.05, 0.1) is 5.25 Å². The van der Waals surface area contributed by atoms with Crippen LogP contribution in [0.5, 0.6) is 0 Å². The minimum atomic E-state index is -0.338. The van der Waals surface area contributed by atoms with Gasteiger partial charge in [-0.15, -0.1) is 10.2 Å². The third-order valence-electron chi connectivity index (χ3n) is 3.88. The Morgan fingerprint density at radius 1 is 1.10 bits per heavy atom. The number of benzene rings is 2. The number of nitrogens with one attached hydrogen (secondary N) is 2. The molecule has 0 fully saturated rings. The Morgan fingerprint density at radius 3 is 2.53 bits per heavy atom. The Hall–Kier alpha value is -2.68.